The van der Waals surface area contributed by atoms with Gasteiger partial charge in [-0.3, -0.25) is 9.58 Å². The molecule has 0 spiro atoms. The molecular formula is C21H25N5O. The first-order chi connectivity index (χ1) is 13.3. The molecule has 0 amide bonds. The van der Waals surface area contributed by atoms with Crippen LogP contribution in [-0.2, 0) is 6.54 Å². The topological polar surface area (TPSA) is 59.1 Å². The lowest BCUT2D eigenvalue weighted by Gasteiger charge is -2.35. The van der Waals surface area contributed by atoms with E-state index in [0.29, 0.717) is 11.8 Å². The number of hydrogen-bond acceptors (Lipinski definition) is 4. The molecule has 3 heterocycles. The lowest BCUT2D eigenvalue weighted by atomic mass is 9.77. The molecule has 3 aromatic rings. The van der Waals surface area contributed by atoms with Gasteiger partial charge < -0.3 is 9.67 Å². The Kier molecular flexibility index (Phi) is 4.30. The molecule has 1 saturated carbocycles. The summed E-state index contributed by atoms with van der Waals surface area (Å²) in [6, 6.07) is 10.7. The van der Waals surface area contributed by atoms with E-state index in [1.807, 2.05) is 34.0 Å². The van der Waals surface area contributed by atoms with Crippen molar-refractivity contribution in [1.29, 1.82) is 0 Å². The van der Waals surface area contributed by atoms with Gasteiger partial charge in [0.2, 0.25) is 0 Å². The van der Waals surface area contributed by atoms with Gasteiger partial charge >= 0.3 is 0 Å². The molecule has 0 bridgehead atoms. The molecule has 6 nitrogen and oxygen atoms in total. The van der Waals surface area contributed by atoms with E-state index in [1.54, 1.807) is 12.4 Å². The van der Waals surface area contributed by atoms with Crippen molar-refractivity contribution in [2.75, 3.05) is 13.1 Å². The zero-order chi connectivity index (χ0) is 18.2. The molecule has 6 heteroatoms. The van der Waals surface area contributed by atoms with Crippen LogP contribution in [0.2, 0.25) is 0 Å². The minimum absolute atomic E-state index is 0.116. The van der Waals surface area contributed by atoms with Crippen LogP contribution in [-0.4, -0.2) is 48.5 Å². The van der Waals surface area contributed by atoms with Crippen molar-refractivity contribution in [2.24, 2.45) is 11.8 Å². The van der Waals surface area contributed by atoms with E-state index in [4.69, 9.17) is 0 Å². The Morgan fingerprint density at radius 2 is 1.93 bits per heavy atom. The van der Waals surface area contributed by atoms with Gasteiger partial charge in [-0.05, 0) is 48.4 Å². The summed E-state index contributed by atoms with van der Waals surface area (Å²) < 4.78 is 3.98. The maximum absolute atomic E-state index is 10.6. The first-order valence-electron chi connectivity index (χ1n) is 9.73. The molecule has 1 N–H and O–H groups in total. The van der Waals surface area contributed by atoms with Gasteiger partial charge in [0.1, 0.15) is 0 Å². The van der Waals surface area contributed by atoms with Crippen LogP contribution in [0, 0.1) is 11.8 Å². The minimum Gasteiger partial charge on any atom is -0.391 e. The normalized spacial score (nSPS) is 28.3. The molecule has 2 aliphatic rings. The van der Waals surface area contributed by atoms with Crippen LogP contribution in [0.4, 0.5) is 0 Å². The second-order valence-corrected chi connectivity index (χ2v) is 7.95. The number of nitrogens with zero attached hydrogens (tertiary/aromatic N) is 5. The third-order valence-electron chi connectivity index (χ3n) is 6.17. The molecule has 1 aliphatic heterocycles. The van der Waals surface area contributed by atoms with Gasteiger partial charge in [0.25, 0.3) is 0 Å². The quantitative estimate of drug-likeness (QED) is 0.774. The van der Waals surface area contributed by atoms with Crippen LogP contribution in [0.25, 0.3) is 5.69 Å². The lowest BCUT2D eigenvalue weighted by Crippen LogP contribution is -2.36. The molecule has 1 saturated heterocycles. The number of imidazole rings is 1. The van der Waals surface area contributed by atoms with Gasteiger partial charge in [-0.15, -0.1) is 0 Å². The molecule has 1 aromatic carbocycles. The molecule has 0 unspecified atom stereocenters. The standard InChI is InChI=1S/C21H25N5O/c27-21-11-18-14-24(13-17(18)10-20(21)26-7-2-5-23-26)12-16-3-1-4-19(9-16)25-8-6-22-15-25/h1-9,15,17-18,20-21,27H,10-14H2/t17-,18+,20-,21-/m1/s1. The summed E-state index contributed by atoms with van der Waals surface area (Å²) in [4.78, 5) is 6.68. The van der Waals surface area contributed by atoms with Crippen molar-refractivity contribution in [2.45, 2.75) is 31.5 Å². The summed E-state index contributed by atoms with van der Waals surface area (Å²) in [5, 5.41) is 15.0. The first-order valence-corrected chi connectivity index (χ1v) is 9.73. The second kappa shape index (κ2) is 6.94. The molecule has 2 aromatic heterocycles. The van der Waals surface area contributed by atoms with Crippen molar-refractivity contribution in [3.8, 4) is 5.69 Å². The SMILES string of the molecule is O[C@@H]1C[C@H]2CN(Cc3cccc(-n4ccnc4)c3)C[C@H]2C[C@H]1n1cccn1. The maximum Gasteiger partial charge on any atom is 0.0991 e. The molecule has 27 heavy (non-hydrogen) atoms. The average Bonchev–Trinajstić information content (AvgIpc) is 3.42. The predicted octanol–water partition coefficient (Wildman–Crippen LogP) is 2.51. The summed E-state index contributed by atoms with van der Waals surface area (Å²) in [7, 11) is 0. The number of benzene rings is 1. The van der Waals surface area contributed by atoms with Crippen molar-refractivity contribution < 1.29 is 5.11 Å². The van der Waals surface area contributed by atoms with E-state index >= 15 is 0 Å². The smallest absolute Gasteiger partial charge is 0.0991 e. The molecule has 0 radical (unpaired) electrons. The highest BCUT2D eigenvalue weighted by molar-refractivity contribution is 5.35. The number of hydrogen-bond donors (Lipinski definition) is 1. The average molecular weight is 363 g/mol. The molecule has 4 atom stereocenters. The fourth-order valence-electron chi connectivity index (χ4n) is 4.88. The third-order valence-corrected chi connectivity index (χ3v) is 6.17. The summed E-state index contributed by atoms with van der Waals surface area (Å²) in [5.74, 6) is 1.23. The largest absolute Gasteiger partial charge is 0.391 e. The van der Waals surface area contributed by atoms with Crippen LogP contribution in [0.1, 0.15) is 24.4 Å². The van der Waals surface area contributed by atoms with Gasteiger partial charge in [-0.2, -0.15) is 5.10 Å². The number of rotatable bonds is 4. The van der Waals surface area contributed by atoms with Gasteiger partial charge in [0.05, 0.1) is 18.5 Å². The van der Waals surface area contributed by atoms with Crippen LogP contribution < -0.4 is 0 Å². The van der Waals surface area contributed by atoms with Crippen LogP contribution in [0.15, 0.2) is 61.4 Å². The first kappa shape index (κ1) is 16.7. The van der Waals surface area contributed by atoms with E-state index in [-0.39, 0.29) is 12.1 Å². The van der Waals surface area contributed by atoms with E-state index in [2.05, 4.69) is 39.2 Å². The summed E-state index contributed by atoms with van der Waals surface area (Å²) in [6.07, 6.45) is 11.0. The molecular weight excluding hydrogens is 338 g/mol. The van der Waals surface area contributed by atoms with Gasteiger partial charge in [0.15, 0.2) is 0 Å². The summed E-state index contributed by atoms with van der Waals surface area (Å²) in [6.45, 7) is 3.13. The Bertz CT molecular complexity index is 876. The number of likely N-dealkylation sites (tertiary alicyclic amines) is 1. The van der Waals surface area contributed by atoms with E-state index < -0.39 is 0 Å². The number of fused-ring (bicyclic) bond motifs is 1. The van der Waals surface area contributed by atoms with Crippen molar-refractivity contribution >= 4 is 0 Å². The monoisotopic (exact) mass is 363 g/mol. The molecule has 2 fully saturated rings. The highest BCUT2D eigenvalue weighted by atomic mass is 16.3. The summed E-state index contributed by atoms with van der Waals surface area (Å²) in [5.41, 5.74) is 2.47. The molecule has 1 aliphatic carbocycles. The third kappa shape index (κ3) is 3.31. The zero-order valence-corrected chi connectivity index (χ0v) is 15.3. The number of aliphatic hydroxyl groups excluding tert-OH is 1. The Morgan fingerprint density at radius 3 is 2.70 bits per heavy atom. The highest BCUT2D eigenvalue weighted by Gasteiger charge is 2.42. The Hall–Kier alpha value is -2.44. The van der Waals surface area contributed by atoms with Crippen molar-refractivity contribution in [3.63, 3.8) is 0 Å². The lowest BCUT2D eigenvalue weighted by molar-refractivity contribution is 0.0306. The van der Waals surface area contributed by atoms with E-state index in [1.165, 1.54) is 5.56 Å². The molecule has 140 valence electrons. The number of aliphatic hydroxyl groups is 1. The Balaban J connectivity index is 1.27. The van der Waals surface area contributed by atoms with Crippen LogP contribution in [0.5, 0.6) is 0 Å². The van der Waals surface area contributed by atoms with Gasteiger partial charge in [-0.25, -0.2) is 4.98 Å². The van der Waals surface area contributed by atoms with E-state index in [9.17, 15) is 5.11 Å². The zero-order valence-electron chi connectivity index (χ0n) is 15.3. The Labute approximate surface area is 159 Å². The van der Waals surface area contributed by atoms with Crippen molar-refractivity contribution in [3.05, 3.63) is 67.0 Å². The minimum atomic E-state index is -0.296. The molecule has 5 rings (SSSR count). The van der Waals surface area contributed by atoms with Crippen molar-refractivity contribution in [1.82, 2.24) is 24.2 Å². The maximum atomic E-state index is 10.6. The van der Waals surface area contributed by atoms with Gasteiger partial charge in [0, 0.05) is 50.1 Å². The van der Waals surface area contributed by atoms with Crippen LogP contribution in [0.3, 0.4) is 0 Å². The Morgan fingerprint density at radius 1 is 1.04 bits per heavy atom. The fraction of sp³-hybridized carbons (Fsp3) is 0.429. The predicted molar refractivity (Wildman–Crippen MR) is 102 cm³/mol. The summed E-state index contributed by atoms with van der Waals surface area (Å²) >= 11 is 0. The fourth-order valence-corrected chi connectivity index (χ4v) is 4.88. The number of aromatic nitrogens is 4. The second-order valence-electron chi connectivity index (χ2n) is 7.95. The highest BCUT2D eigenvalue weighted by Crippen LogP contribution is 2.41. The van der Waals surface area contributed by atoms with E-state index in [0.717, 1.165) is 38.2 Å². The van der Waals surface area contributed by atoms with Crippen LogP contribution >= 0.6 is 0 Å². The van der Waals surface area contributed by atoms with Gasteiger partial charge in [-0.1, -0.05) is 12.1 Å².